The maximum Gasteiger partial charge on any atom is 0.339 e. The first-order valence-corrected chi connectivity index (χ1v) is 7.23. The van der Waals surface area contributed by atoms with Crippen molar-refractivity contribution in [2.24, 2.45) is 0 Å². The van der Waals surface area contributed by atoms with Crippen LogP contribution in [0.4, 0.5) is 5.82 Å². The van der Waals surface area contributed by atoms with Crippen LogP contribution in [-0.4, -0.2) is 37.8 Å². The van der Waals surface area contributed by atoms with E-state index in [4.69, 9.17) is 9.47 Å². The van der Waals surface area contributed by atoms with Crippen LogP contribution >= 0.6 is 0 Å². The first-order chi connectivity index (χ1) is 10.7. The molecular weight excluding hydrogens is 280 g/mol. The molecule has 0 fully saturated rings. The summed E-state index contributed by atoms with van der Waals surface area (Å²) in [6, 6.07) is 13.2. The molecule has 0 aliphatic carbocycles. The molecule has 0 radical (unpaired) electrons. The predicted octanol–water partition coefficient (Wildman–Crippen LogP) is 2.77. The lowest BCUT2D eigenvalue weighted by Crippen LogP contribution is -2.24. The number of ether oxygens (including phenoxy) is 2. The lowest BCUT2D eigenvalue weighted by Gasteiger charge is -2.18. The van der Waals surface area contributed by atoms with E-state index in [0.29, 0.717) is 25.3 Å². The molecule has 1 aromatic heterocycles. The van der Waals surface area contributed by atoms with Crippen LogP contribution in [0, 0.1) is 0 Å². The van der Waals surface area contributed by atoms with Crippen LogP contribution in [0.2, 0.25) is 0 Å². The lowest BCUT2D eigenvalue weighted by molar-refractivity contribution is 0.0526. The molecule has 0 aliphatic rings. The molecule has 22 heavy (non-hydrogen) atoms. The number of hydrogen-bond donors (Lipinski definition) is 0. The van der Waals surface area contributed by atoms with Gasteiger partial charge in [-0.05, 0) is 31.2 Å². The Balaban J connectivity index is 1.84. The number of esters is 1. The van der Waals surface area contributed by atoms with Crippen molar-refractivity contribution in [3.63, 3.8) is 0 Å². The van der Waals surface area contributed by atoms with Crippen LogP contribution in [-0.2, 0) is 4.74 Å². The normalized spacial score (nSPS) is 10.1. The van der Waals surface area contributed by atoms with Crippen molar-refractivity contribution in [2.45, 2.75) is 6.92 Å². The zero-order chi connectivity index (χ0) is 15.8. The van der Waals surface area contributed by atoms with Crippen molar-refractivity contribution in [3.05, 3.63) is 54.2 Å². The van der Waals surface area contributed by atoms with Crippen LogP contribution in [0.25, 0.3) is 0 Å². The second kappa shape index (κ2) is 8.02. The maximum absolute atomic E-state index is 11.6. The summed E-state index contributed by atoms with van der Waals surface area (Å²) in [5, 5.41) is 0. The average Bonchev–Trinajstić information content (AvgIpc) is 2.56. The molecule has 0 N–H and O–H groups in total. The molecule has 0 aliphatic heterocycles. The van der Waals surface area contributed by atoms with E-state index < -0.39 is 0 Å². The van der Waals surface area contributed by atoms with E-state index in [0.717, 1.165) is 11.6 Å². The van der Waals surface area contributed by atoms with Gasteiger partial charge in [0, 0.05) is 13.2 Å². The predicted molar refractivity (Wildman–Crippen MR) is 85.4 cm³/mol. The number of hydrogen-bond acceptors (Lipinski definition) is 5. The van der Waals surface area contributed by atoms with Gasteiger partial charge in [0.05, 0.1) is 18.7 Å². The third-order valence-corrected chi connectivity index (χ3v) is 3.09. The van der Waals surface area contributed by atoms with E-state index in [9.17, 15) is 4.79 Å². The molecule has 1 heterocycles. The van der Waals surface area contributed by atoms with Gasteiger partial charge in [0.1, 0.15) is 18.2 Å². The third-order valence-electron chi connectivity index (χ3n) is 3.09. The highest BCUT2D eigenvalue weighted by atomic mass is 16.5. The Morgan fingerprint density at radius 3 is 2.59 bits per heavy atom. The fourth-order valence-corrected chi connectivity index (χ4v) is 1.88. The molecule has 0 saturated carbocycles. The molecule has 0 unspecified atom stereocenters. The van der Waals surface area contributed by atoms with E-state index in [2.05, 4.69) is 4.98 Å². The summed E-state index contributed by atoms with van der Waals surface area (Å²) in [6.07, 6.45) is 1.53. The van der Waals surface area contributed by atoms with Crippen LogP contribution in [0.1, 0.15) is 17.3 Å². The first-order valence-electron chi connectivity index (χ1n) is 7.23. The minimum absolute atomic E-state index is 0.350. The molecule has 5 heteroatoms. The van der Waals surface area contributed by atoms with Crippen LogP contribution < -0.4 is 9.64 Å². The van der Waals surface area contributed by atoms with Crippen LogP contribution in [0.3, 0.4) is 0 Å². The Morgan fingerprint density at radius 1 is 1.18 bits per heavy atom. The molecule has 1 aromatic carbocycles. The molecule has 0 atom stereocenters. The number of rotatable bonds is 7. The Hall–Kier alpha value is -2.56. The van der Waals surface area contributed by atoms with Crippen molar-refractivity contribution in [2.75, 3.05) is 31.7 Å². The summed E-state index contributed by atoms with van der Waals surface area (Å²) in [5.41, 5.74) is 0.458. The summed E-state index contributed by atoms with van der Waals surface area (Å²) in [7, 11) is 1.93. The van der Waals surface area contributed by atoms with Crippen molar-refractivity contribution in [3.8, 4) is 5.75 Å². The van der Waals surface area contributed by atoms with Crippen molar-refractivity contribution >= 4 is 11.8 Å². The standard InChI is InChI=1S/C17H20N2O3/c1-3-21-17(20)14-9-10-16(18-13-14)19(2)11-12-22-15-7-5-4-6-8-15/h4-10,13H,3,11-12H2,1-2H3. The molecule has 2 rings (SSSR count). The van der Waals surface area contributed by atoms with Crippen molar-refractivity contribution in [1.29, 1.82) is 0 Å². The molecule has 0 saturated heterocycles. The molecule has 0 amide bonds. The van der Waals surface area contributed by atoms with Gasteiger partial charge in [0.15, 0.2) is 0 Å². The summed E-state index contributed by atoms with van der Waals surface area (Å²) < 4.78 is 10.6. The number of likely N-dealkylation sites (N-methyl/N-ethyl adjacent to an activating group) is 1. The molecular formula is C17H20N2O3. The zero-order valence-electron chi connectivity index (χ0n) is 12.9. The second-order valence-electron chi connectivity index (χ2n) is 4.71. The summed E-state index contributed by atoms with van der Waals surface area (Å²) in [4.78, 5) is 17.8. The topological polar surface area (TPSA) is 51.7 Å². The minimum atomic E-state index is -0.350. The first kappa shape index (κ1) is 15.8. The zero-order valence-corrected chi connectivity index (χ0v) is 12.9. The second-order valence-corrected chi connectivity index (χ2v) is 4.71. The molecule has 116 valence electrons. The van der Waals surface area contributed by atoms with Gasteiger partial charge in [-0.15, -0.1) is 0 Å². The fourth-order valence-electron chi connectivity index (χ4n) is 1.88. The Bertz CT molecular complexity index is 585. The fraction of sp³-hybridized carbons (Fsp3) is 0.294. The minimum Gasteiger partial charge on any atom is -0.492 e. The largest absolute Gasteiger partial charge is 0.492 e. The number of carbonyl (C=O) groups excluding carboxylic acids is 1. The SMILES string of the molecule is CCOC(=O)c1ccc(N(C)CCOc2ccccc2)nc1. The van der Waals surface area contributed by atoms with E-state index >= 15 is 0 Å². The number of nitrogens with zero attached hydrogens (tertiary/aromatic N) is 2. The van der Waals surface area contributed by atoms with Gasteiger partial charge in [-0.25, -0.2) is 9.78 Å². The van der Waals surface area contributed by atoms with Gasteiger partial charge in [0.2, 0.25) is 0 Å². The smallest absolute Gasteiger partial charge is 0.339 e. The average molecular weight is 300 g/mol. The molecule has 0 spiro atoms. The molecule has 2 aromatic rings. The maximum atomic E-state index is 11.6. The number of para-hydroxylation sites is 1. The van der Waals surface area contributed by atoms with Crippen LogP contribution in [0.5, 0.6) is 5.75 Å². The number of anilines is 1. The third kappa shape index (κ3) is 4.48. The van der Waals surface area contributed by atoms with Gasteiger partial charge < -0.3 is 14.4 Å². The summed E-state index contributed by atoms with van der Waals surface area (Å²) in [5.74, 6) is 1.28. The molecule has 0 bridgehead atoms. The Morgan fingerprint density at radius 2 is 1.95 bits per heavy atom. The van der Waals surface area contributed by atoms with Crippen LogP contribution in [0.15, 0.2) is 48.7 Å². The van der Waals surface area contributed by atoms with Gasteiger partial charge >= 0.3 is 5.97 Å². The van der Waals surface area contributed by atoms with Gasteiger partial charge in [-0.3, -0.25) is 0 Å². The Kier molecular flexibility index (Phi) is 5.77. The molecule has 5 nitrogen and oxygen atoms in total. The number of aromatic nitrogens is 1. The van der Waals surface area contributed by atoms with Crippen molar-refractivity contribution < 1.29 is 14.3 Å². The van der Waals surface area contributed by atoms with E-state index in [1.165, 1.54) is 6.20 Å². The van der Waals surface area contributed by atoms with Crippen molar-refractivity contribution in [1.82, 2.24) is 4.98 Å². The highest BCUT2D eigenvalue weighted by Crippen LogP contribution is 2.11. The lowest BCUT2D eigenvalue weighted by atomic mass is 10.3. The highest BCUT2D eigenvalue weighted by molar-refractivity contribution is 5.89. The highest BCUT2D eigenvalue weighted by Gasteiger charge is 2.08. The van der Waals surface area contributed by atoms with E-state index in [1.807, 2.05) is 42.3 Å². The van der Waals surface area contributed by atoms with Gasteiger partial charge in [0.25, 0.3) is 0 Å². The summed E-state index contributed by atoms with van der Waals surface area (Å²) in [6.45, 7) is 3.39. The number of carbonyl (C=O) groups is 1. The van der Waals surface area contributed by atoms with Gasteiger partial charge in [-0.2, -0.15) is 0 Å². The summed E-state index contributed by atoms with van der Waals surface area (Å²) >= 11 is 0. The number of pyridine rings is 1. The number of benzene rings is 1. The van der Waals surface area contributed by atoms with Gasteiger partial charge in [-0.1, -0.05) is 18.2 Å². The van der Waals surface area contributed by atoms with E-state index in [-0.39, 0.29) is 5.97 Å². The van der Waals surface area contributed by atoms with E-state index in [1.54, 1.807) is 19.1 Å². The monoisotopic (exact) mass is 300 g/mol. The quantitative estimate of drug-likeness (QED) is 0.736. The Labute approximate surface area is 130 Å².